The van der Waals surface area contributed by atoms with E-state index in [4.69, 9.17) is 4.42 Å². The molecule has 59 heavy (non-hydrogen) atoms. The van der Waals surface area contributed by atoms with Gasteiger partial charge >= 0.3 is 0 Å². The Balaban J connectivity index is 0.992. The van der Waals surface area contributed by atoms with E-state index in [1.54, 1.807) is 0 Å². The van der Waals surface area contributed by atoms with Crippen LogP contribution in [-0.2, 0) is 0 Å². The number of para-hydroxylation sites is 3. The lowest BCUT2D eigenvalue weighted by Gasteiger charge is -2.27. The molecule has 12 aromatic rings. The smallest absolute Gasteiger partial charge is 0.136 e. The summed E-state index contributed by atoms with van der Waals surface area (Å²) < 4.78 is 8.70. The Kier molecular flexibility index (Phi) is 7.54. The van der Waals surface area contributed by atoms with E-state index in [-0.39, 0.29) is 0 Å². The predicted octanol–water partition coefficient (Wildman–Crippen LogP) is 15.8. The molecule has 0 amide bonds. The molecule has 0 saturated heterocycles. The molecule has 0 fully saturated rings. The van der Waals surface area contributed by atoms with Crippen molar-refractivity contribution in [1.29, 1.82) is 0 Å². The summed E-state index contributed by atoms with van der Waals surface area (Å²) in [7, 11) is 0. The van der Waals surface area contributed by atoms with Gasteiger partial charge in [-0.25, -0.2) is 0 Å². The maximum Gasteiger partial charge on any atom is 0.136 e. The second kappa shape index (κ2) is 13.4. The Labute approximate surface area is 341 Å². The Bertz CT molecular complexity index is 3520. The highest BCUT2D eigenvalue weighted by molar-refractivity contribution is 6.10. The largest absolute Gasteiger partial charge is 0.456 e. The van der Waals surface area contributed by atoms with Crippen molar-refractivity contribution >= 4 is 82.4 Å². The van der Waals surface area contributed by atoms with Crippen molar-refractivity contribution in [3.8, 4) is 27.9 Å². The summed E-state index contributed by atoms with van der Waals surface area (Å²) in [5.41, 5.74) is 13.1. The molecule has 3 nitrogen and oxygen atoms in total. The number of furan rings is 1. The third-order valence-corrected chi connectivity index (χ3v) is 11.9. The monoisotopic (exact) mass is 752 g/mol. The van der Waals surface area contributed by atoms with E-state index in [0.717, 1.165) is 55.8 Å². The molecule has 0 aliphatic carbocycles. The quantitative estimate of drug-likeness (QED) is 0.158. The summed E-state index contributed by atoms with van der Waals surface area (Å²) in [6.07, 6.45) is 0. The van der Waals surface area contributed by atoms with Gasteiger partial charge in [-0.15, -0.1) is 0 Å². The highest BCUT2D eigenvalue weighted by atomic mass is 16.3. The summed E-state index contributed by atoms with van der Waals surface area (Å²) in [6.45, 7) is 0. The van der Waals surface area contributed by atoms with E-state index in [2.05, 4.69) is 216 Å². The molecule has 276 valence electrons. The van der Waals surface area contributed by atoms with Crippen LogP contribution in [0.25, 0.3) is 93.2 Å². The first-order valence-electron chi connectivity index (χ1n) is 20.2. The fourth-order valence-corrected chi connectivity index (χ4v) is 9.14. The molecule has 2 aromatic heterocycles. The van der Waals surface area contributed by atoms with Gasteiger partial charge in [0, 0.05) is 44.3 Å². The van der Waals surface area contributed by atoms with Crippen molar-refractivity contribution in [2.75, 3.05) is 4.90 Å². The normalized spacial score (nSPS) is 11.7. The standard InChI is InChI=1S/C56H36N2O/c1-2-16-47-38(11-1)23-24-42-33-40(27-31-48(42)47)37-25-29-43(30-26-37)57(44-13-9-12-39(34-44)41-28-32-52-51-19-5-8-22-55(51)59-56(52)35-41)45-14-10-15-46(36-45)58-53-20-6-3-17-49(53)50-18-4-7-21-54(50)58/h1-36H. The number of fused-ring (bicyclic) bond motifs is 9. The molecule has 2 heterocycles. The van der Waals surface area contributed by atoms with Crippen molar-refractivity contribution in [3.05, 3.63) is 218 Å². The maximum absolute atomic E-state index is 6.32. The summed E-state index contributed by atoms with van der Waals surface area (Å²) in [6, 6.07) is 78.8. The van der Waals surface area contributed by atoms with Crippen LogP contribution in [-0.4, -0.2) is 4.57 Å². The highest BCUT2D eigenvalue weighted by Gasteiger charge is 2.18. The molecule has 0 aliphatic rings. The molecular weight excluding hydrogens is 717 g/mol. The zero-order valence-corrected chi connectivity index (χ0v) is 32.1. The zero-order chi connectivity index (χ0) is 38.9. The number of hydrogen-bond acceptors (Lipinski definition) is 2. The first kappa shape index (κ1) is 33.3. The van der Waals surface area contributed by atoms with Crippen LogP contribution in [0.1, 0.15) is 0 Å². The number of rotatable bonds is 6. The zero-order valence-electron chi connectivity index (χ0n) is 32.1. The summed E-state index contributed by atoms with van der Waals surface area (Å²) in [5.74, 6) is 0. The molecule has 0 radical (unpaired) electrons. The van der Waals surface area contributed by atoms with Crippen molar-refractivity contribution in [2.45, 2.75) is 0 Å². The minimum atomic E-state index is 0.891. The van der Waals surface area contributed by atoms with E-state index in [9.17, 15) is 0 Å². The Morgan fingerprint density at radius 2 is 0.864 bits per heavy atom. The van der Waals surface area contributed by atoms with E-state index in [0.29, 0.717) is 0 Å². The molecular formula is C56H36N2O. The first-order chi connectivity index (χ1) is 29.2. The molecule has 0 saturated carbocycles. The fraction of sp³-hybridized carbons (Fsp3) is 0. The van der Waals surface area contributed by atoms with Gasteiger partial charge in [0.1, 0.15) is 11.2 Å². The lowest BCUT2D eigenvalue weighted by atomic mass is 9.97. The van der Waals surface area contributed by atoms with Gasteiger partial charge in [-0.1, -0.05) is 140 Å². The third kappa shape index (κ3) is 5.51. The van der Waals surface area contributed by atoms with E-state index in [1.165, 1.54) is 54.5 Å². The molecule has 0 bridgehead atoms. The molecule has 0 aliphatic heterocycles. The van der Waals surface area contributed by atoms with E-state index < -0.39 is 0 Å². The minimum absolute atomic E-state index is 0.891. The van der Waals surface area contributed by atoms with Crippen LogP contribution in [0, 0.1) is 0 Å². The lowest BCUT2D eigenvalue weighted by molar-refractivity contribution is 0.669. The number of hydrogen-bond donors (Lipinski definition) is 0. The predicted molar refractivity (Wildman–Crippen MR) is 249 cm³/mol. The minimum Gasteiger partial charge on any atom is -0.456 e. The van der Waals surface area contributed by atoms with Crippen LogP contribution in [0.2, 0.25) is 0 Å². The number of benzene rings is 10. The van der Waals surface area contributed by atoms with Crippen LogP contribution in [0.5, 0.6) is 0 Å². The Morgan fingerprint density at radius 3 is 1.66 bits per heavy atom. The van der Waals surface area contributed by atoms with Gasteiger partial charge in [0.15, 0.2) is 0 Å². The highest BCUT2D eigenvalue weighted by Crippen LogP contribution is 2.41. The lowest BCUT2D eigenvalue weighted by Crippen LogP contribution is -2.10. The Morgan fingerprint density at radius 1 is 0.305 bits per heavy atom. The van der Waals surface area contributed by atoms with Crippen molar-refractivity contribution in [2.24, 2.45) is 0 Å². The molecule has 10 aromatic carbocycles. The third-order valence-electron chi connectivity index (χ3n) is 11.9. The molecule has 0 N–H and O–H groups in total. The molecule has 0 unspecified atom stereocenters. The van der Waals surface area contributed by atoms with Gasteiger partial charge in [-0.2, -0.15) is 0 Å². The average Bonchev–Trinajstić information content (AvgIpc) is 3.85. The summed E-state index contributed by atoms with van der Waals surface area (Å²) in [4.78, 5) is 2.37. The number of anilines is 3. The van der Waals surface area contributed by atoms with Crippen LogP contribution < -0.4 is 4.90 Å². The van der Waals surface area contributed by atoms with Gasteiger partial charge in [-0.3, -0.25) is 0 Å². The molecule has 12 rings (SSSR count). The van der Waals surface area contributed by atoms with Crippen LogP contribution in [0.4, 0.5) is 17.1 Å². The Hall–Kier alpha value is -7.88. The SMILES string of the molecule is c1cc(-c2ccc3c(c2)oc2ccccc23)cc(N(c2ccc(-c3ccc4c(ccc5ccccc54)c3)cc2)c2cccc(-n3c4ccccc4c4ccccc43)c2)c1. The molecule has 3 heteroatoms. The van der Waals surface area contributed by atoms with Gasteiger partial charge in [-0.05, 0) is 123 Å². The van der Waals surface area contributed by atoms with Crippen LogP contribution in [0.15, 0.2) is 223 Å². The molecule has 0 spiro atoms. The number of nitrogens with zero attached hydrogens (tertiary/aromatic N) is 2. The second-order valence-corrected chi connectivity index (χ2v) is 15.4. The van der Waals surface area contributed by atoms with Gasteiger partial charge < -0.3 is 13.9 Å². The van der Waals surface area contributed by atoms with Crippen molar-refractivity contribution in [1.82, 2.24) is 4.57 Å². The van der Waals surface area contributed by atoms with Crippen LogP contribution >= 0.6 is 0 Å². The second-order valence-electron chi connectivity index (χ2n) is 15.4. The van der Waals surface area contributed by atoms with Gasteiger partial charge in [0.2, 0.25) is 0 Å². The summed E-state index contributed by atoms with van der Waals surface area (Å²) in [5, 5.41) is 9.82. The first-order valence-corrected chi connectivity index (χ1v) is 20.2. The maximum atomic E-state index is 6.32. The van der Waals surface area contributed by atoms with Crippen molar-refractivity contribution < 1.29 is 4.42 Å². The van der Waals surface area contributed by atoms with E-state index in [1.807, 2.05) is 12.1 Å². The van der Waals surface area contributed by atoms with Crippen molar-refractivity contribution in [3.63, 3.8) is 0 Å². The van der Waals surface area contributed by atoms with E-state index >= 15 is 0 Å². The van der Waals surface area contributed by atoms with Gasteiger partial charge in [0.05, 0.1) is 11.0 Å². The summed E-state index contributed by atoms with van der Waals surface area (Å²) >= 11 is 0. The average molecular weight is 753 g/mol. The number of aromatic nitrogens is 1. The van der Waals surface area contributed by atoms with Crippen LogP contribution in [0.3, 0.4) is 0 Å². The fourth-order valence-electron chi connectivity index (χ4n) is 9.14. The van der Waals surface area contributed by atoms with Gasteiger partial charge in [0.25, 0.3) is 0 Å². The topological polar surface area (TPSA) is 21.3 Å². The molecule has 0 atom stereocenters.